The lowest BCUT2D eigenvalue weighted by atomic mass is 9.70. The van der Waals surface area contributed by atoms with Gasteiger partial charge in [-0.05, 0) is 53.8 Å². The largest absolute Gasteiger partial charge is 0.255 e. The predicted molar refractivity (Wildman–Crippen MR) is 94.2 cm³/mol. The van der Waals surface area contributed by atoms with Gasteiger partial charge in [-0.3, -0.25) is 0 Å². The van der Waals surface area contributed by atoms with Crippen molar-refractivity contribution in [3.8, 4) is 0 Å². The first-order valence-corrected chi connectivity index (χ1v) is 9.62. The van der Waals surface area contributed by atoms with Gasteiger partial charge in [-0.15, -0.1) is 0 Å². The van der Waals surface area contributed by atoms with E-state index in [0.717, 1.165) is 35.1 Å². The number of allylic oxidation sites excluding steroid dienone is 4. The van der Waals surface area contributed by atoms with Crippen LogP contribution in [0.2, 0.25) is 0 Å². The van der Waals surface area contributed by atoms with Crippen molar-refractivity contribution < 1.29 is 12.8 Å². The van der Waals surface area contributed by atoms with Gasteiger partial charge in [0.1, 0.15) is 5.82 Å². The van der Waals surface area contributed by atoms with E-state index in [1.165, 1.54) is 30.8 Å². The topological polar surface area (TPSA) is 73.1 Å². The number of aromatic nitrogens is 1. The molecule has 1 aromatic heterocycles. The number of hydrogen-bond donors (Lipinski definition) is 1. The molecule has 0 saturated heterocycles. The summed E-state index contributed by atoms with van der Waals surface area (Å²) in [5, 5.41) is 4.96. The molecule has 0 atom stereocenters. The molecule has 0 radical (unpaired) electrons. The Hall–Kier alpha value is -2.31. The van der Waals surface area contributed by atoms with Crippen LogP contribution in [0.4, 0.5) is 4.39 Å². The Bertz CT molecular complexity index is 987. The second-order valence-corrected chi connectivity index (χ2v) is 8.15. The number of rotatable bonds is 3. The maximum atomic E-state index is 13.3. The normalized spacial score (nSPS) is 18.6. The van der Waals surface area contributed by atoms with E-state index in [1.807, 2.05) is 0 Å². The van der Waals surface area contributed by atoms with Gasteiger partial charge >= 0.3 is 0 Å². The van der Waals surface area contributed by atoms with Gasteiger partial charge in [0.15, 0.2) is 5.03 Å². The van der Waals surface area contributed by atoms with Crippen molar-refractivity contribution in [3.63, 3.8) is 0 Å². The molecule has 1 spiro atoms. The predicted octanol–water partition coefficient (Wildman–Crippen LogP) is 3.52. The minimum absolute atomic E-state index is 0.0532. The molecule has 1 aromatic carbocycles. The van der Waals surface area contributed by atoms with E-state index >= 15 is 0 Å². The van der Waals surface area contributed by atoms with Gasteiger partial charge in [0.2, 0.25) is 0 Å². The lowest BCUT2D eigenvalue weighted by Gasteiger charge is -2.34. The molecule has 4 nitrogen and oxygen atoms in total. The van der Waals surface area contributed by atoms with Crippen molar-refractivity contribution in [3.05, 3.63) is 71.7 Å². The smallest absolute Gasteiger partial charge is 0.243 e. The monoisotopic (exact) mass is 356 g/mol. The Morgan fingerprint density at radius 1 is 0.960 bits per heavy atom. The average Bonchev–Trinajstić information content (AvgIpc) is 2.96. The van der Waals surface area contributed by atoms with E-state index in [0.29, 0.717) is 0 Å². The van der Waals surface area contributed by atoms with E-state index in [-0.39, 0.29) is 16.3 Å². The summed E-state index contributed by atoms with van der Waals surface area (Å²) in [6, 6.07) is 9.55. The summed E-state index contributed by atoms with van der Waals surface area (Å²) >= 11 is 0. The Balaban J connectivity index is 1.77. The fourth-order valence-corrected chi connectivity index (χ4v) is 3.92. The van der Waals surface area contributed by atoms with E-state index < -0.39 is 10.0 Å². The number of primary sulfonamides is 1. The molecule has 25 heavy (non-hydrogen) atoms. The van der Waals surface area contributed by atoms with Crippen LogP contribution in [-0.4, -0.2) is 13.4 Å². The van der Waals surface area contributed by atoms with Gasteiger partial charge in [0.25, 0.3) is 10.0 Å². The highest BCUT2D eigenvalue weighted by Gasteiger charge is 2.38. The summed E-state index contributed by atoms with van der Waals surface area (Å²) in [6.45, 7) is 0. The number of sulfonamides is 1. The fourth-order valence-electron chi connectivity index (χ4n) is 3.46. The molecule has 2 aliphatic rings. The SMILES string of the molecule is NS(=O)(=O)c1ccc(C2=CC3(C=C2c2ccc(F)cc2)CCC3)cn1. The molecule has 0 bridgehead atoms. The molecular weight excluding hydrogens is 339 g/mol. The third-order valence-corrected chi connectivity index (χ3v) is 5.76. The van der Waals surface area contributed by atoms with E-state index in [4.69, 9.17) is 5.14 Å². The van der Waals surface area contributed by atoms with Gasteiger partial charge in [-0.25, -0.2) is 22.9 Å². The third kappa shape index (κ3) is 2.92. The van der Waals surface area contributed by atoms with Crippen molar-refractivity contribution in [1.82, 2.24) is 4.98 Å². The van der Waals surface area contributed by atoms with E-state index in [1.54, 1.807) is 18.2 Å². The zero-order chi connectivity index (χ0) is 17.7. The van der Waals surface area contributed by atoms with Crippen LogP contribution < -0.4 is 5.14 Å². The van der Waals surface area contributed by atoms with Crippen LogP contribution in [0.1, 0.15) is 30.4 Å². The van der Waals surface area contributed by atoms with Gasteiger partial charge in [0, 0.05) is 17.2 Å². The molecule has 2 aliphatic carbocycles. The molecule has 1 heterocycles. The highest BCUT2D eigenvalue weighted by molar-refractivity contribution is 7.89. The molecule has 1 saturated carbocycles. The number of pyridine rings is 1. The number of nitrogens with zero attached hydrogens (tertiary/aromatic N) is 1. The average molecular weight is 356 g/mol. The molecule has 0 amide bonds. The Kier molecular flexibility index (Phi) is 3.63. The first-order valence-electron chi connectivity index (χ1n) is 8.08. The molecule has 2 N–H and O–H groups in total. The molecule has 128 valence electrons. The lowest BCUT2D eigenvalue weighted by molar-refractivity contribution is 0.282. The maximum absolute atomic E-state index is 13.3. The van der Waals surface area contributed by atoms with Crippen LogP contribution in [0.25, 0.3) is 11.1 Å². The van der Waals surface area contributed by atoms with Crippen molar-refractivity contribution in [2.24, 2.45) is 10.6 Å². The van der Waals surface area contributed by atoms with Gasteiger partial charge in [-0.2, -0.15) is 0 Å². The number of hydrogen-bond acceptors (Lipinski definition) is 3. The standard InChI is InChI=1S/C19H17FN2O2S/c20-15-5-2-13(3-6-15)16-10-19(8-1-9-19)11-17(16)14-4-7-18(22-12-14)25(21,23)24/h2-7,10-12H,1,8-9H2,(H2,21,23,24). The number of halogens is 1. The van der Waals surface area contributed by atoms with Crippen molar-refractivity contribution >= 4 is 21.2 Å². The molecular formula is C19H17FN2O2S. The molecule has 0 aliphatic heterocycles. The summed E-state index contributed by atoms with van der Waals surface area (Å²) in [6.07, 6.45) is 9.35. The van der Waals surface area contributed by atoms with Crippen LogP contribution in [0.5, 0.6) is 0 Å². The van der Waals surface area contributed by atoms with Gasteiger partial charge in [0.05, 0.1) is 0 Å². The number of benzene rings is 1. The summed E-state index contributed by atoms with van der Waals surface area (Å²) in [4.78, 5) is 3.99. The summed E-state index contributed by atoms with van der Waals surface area (Å²) in [7, 11) is -3.82. The fraction of sp³-hybridized carbons (Fsp3) is 0.211. The summed E-state index contributed by atoms with van der Waals surface area (Å²) in [5.74, 6) is -0.273. The molecule has 4 rings (SSSR count). The third-order valence-electron chi connectivity index (χ3n) is 4.93. The number of nitrogens with two attached hydrogens (primary N) is 1. The molecule has 1 fully saturated rings. The minimum Gasteiger partial charge on any atom is -0.243 e. The summed E-state index contributed by atoms with van der Waals surface area (Å²) in [5.41, 5.74) is 3.85. The Labute approximate surface area is 146 Å². The van der Waals surface area contributed by atoms with Crippen LogP contribution >= 0.6 is 0 Å². The Morgan fingerprint density at radius 3 is 2.04 bits per heavy atom. The van der Waals surface area contributed by atoms with Crippen LogP contribution in [-0.2, 0) is 10.0 Å². The highest BCUT2D eigenvalue weighted by atomic mass is 32.2. The quantitative estimate of drug-likeness (QED) is 0.914. The molecule has 2 aromatic rings. The van der Waals surface area contributed by atoms with E-state index in [2.05, 4.69) is 17.1 Å². The van der Waals surface area contributed by atoms with Crippen LogP contribution in [0.3, 0.4) is 0 Å². The van der Waals surface area contributed by atoms with Crippen LogP contribution in [0, 0.1) is 11.2 Å². The summed E-state index contributed by atoms with van der Waals surface area (Å²) < 4.78 is 36.1. The highest BCUT2D eigenvalue weighted by Crippen LogP contribution is 2.53. The molecule has 6 heteroatoms. The van der Waals surface area contributed by atoms with Crippen LogP contribution in [0.15, 0.2) is 59.8 Å². The van der Waals surface area contributed by atoms with Crippen molar-refractivity contribution in [2.45, 2.75) is 24.3 Å². The zero-order valence-electron chi connectivity index (χ0n) is 13.4. The van der Waals surface area contributed by atoms with Gasteiger partial charge < -0.3 is 0 Å². The second-order valence-electron chi connectivity index (χ2n) is 6.64. The first kappa shape index (κ1) is 16.2. The first-order chi connectivity index (χ1) is 11.9. The lowest BCUT2D eigenvalue weighted by Crippen LogP contribution is -2.22. The second kappa shape index (κ2) is 5.61. The van der Waals surface area contributed by atoms with E-state index in [9.17, 15) is 12.8 Å². The molecule has 0 unspecified atom stereocenters. The zero-order valence-corrected chi connectivity index (χ0v) is 14.3. The Morgan fingerprint density at radius 2 is 1.56 bits per heavy atom. The van der Waals surface area contributed by atoms with Gasteiger partial charge in [-0.1, -0.05) is 30.7 Å². The minimum atomic E-state index is -3.82. The maximum Gasteiger partial charge on any atom is 0.255 e. The van der Waals surface area contributed by atoms with Crippen molar-refractivity contribution in [2.75, 3.05) is 0 Å². The van der Waals surface area contributed by atoms with Crippen molar-refractivity contribution in [1.29, 1.82) is 0 Å².